The standard InChI is InChI=1S/C25H26N2O5/c1-3-30-25(28)27-24(26)20-10-12-21(13-11-20)31-16-19-7-5-9-23(15-19)32-17-18-6-4-8-22(14-18)29-2/h4-15H,3,16-17H2,1-2H3,(H2,26,27,28). The molecule has 2 N–H and O–H groups in total. The Balaban J connectivity index is 1.55. The van der Waals surface area contributed by atoms with Crippen molar-refractivity contribution in [3.8, 4) is 17.2 Å². The lowest BCUT2D eigenvalue weighted by Crippen LogP contribution is -2.16. The minimum Gasteiger partial charge on any atom is -0.497 e. The Hall–Kier alpha value is -4.00. The van der Waals surface area contributed by atoms with Gasteiger partial charge in [-0.05, 0) is 66.6 Å². The molecule has 0 saturated carbocycles. The van der Waals surface area contributed by atoms with E-state index in [1.807, 2.05) is 48.5 Å². The first-order valence-electron chi connectivity index (χ1n) is 10.2. The highest BCUT2D eigenvalue weighted by Gasteiger charge is 2.05. The van der Waals surface area contributed by atoms with E-state index < -0.39 is 6.09 Å². The quantitative estimate of drug-likeness (QED) is 0.387. The molecule has 0 unspecified atom stereocenters. The maximum absolute atomic E-state index is 11.4. The van der Waals surface area contributed by atoms with Crippen molar-refractivity contribution < 1.29 is 23.7 Å². The van der Waals surface area contributed by atoms with E-state index >= 15 is 0 Å². The molecule has 0 aliphatic heterocycles. The zero-order valence-electron chi connectivity index (χ0n) is 18.1. The number of methoxy groups -OCH3 is 1. The van der Waals surface area contributed by atoms with Crippen LogP contribution in [0.1, 0.15) is 23.6 Å². The first-order valence-corrected chi connectivity index (χ1v) is 10.2. The summed E-state index contributed by atoms with van der Waals surface area (Å²) in [7, 11) is 1.64. The van der Waals surface area contributed by atoms with Crippen LogP contribution >= 0.6 is 0 Å². The van der Waals surface area contributed by atoms with E-state index in [0.29, 0.717) is 24.5 Å². The lowest BCUT2D eigenvalue weighted by Gasteiger charge is -2.10. The van der Waals surface area contributed by atoms with Gasteiger partial charge in [0.25, 0.3) is 0 Å². The smallest absolute Gasteiger partial charge is 0.435 e. The van der Waals surface area contributed by atoms with Gasteiger partial charge in [-0.2, -0.15) is 4.99 Å². The van der Waals surface area contributed by atoms with Crippen molar-refractivity contribution in [2.45, 2.75) is 20.1 Å². The predicted octanol–water partition coefficient (Wildman–Crippen LogP) is 4.72. The van der Waals surface area contributed by atoms with E-state index in [9.17, 15) is 4.79 Å². The average molecular weight is 434 g/mol. The molecule has 7 heteroatoms. The highest BCUT2D eigenvalue weighted by Crippen LogP contribution is 2.19. The second-order valence-electron chi connectivity index (χ2n) is 6.80. The van der Waals surface area contributed by atoms with Crippen LogP contribution in [-0.4, -0.2) is 25.6 Å². The Morgan fingerprint density at radius 2 is 1.44 bits per heavy atom. The number of hydrogen-bond acceptors (Lipinski definition) is 5. The third-order valence-electron chi connectivity index (χ3n) is 4.47. The highest BCUT2D eigenvalue weighted by atomic mass is 16.5. The molecule has 32 heavy (non-hydrogen) atoms. The van der Waals surface area contributed by atoms with Crippen molar-refractivity contribution in [1.82, 2.24) is 0 Å². The number of rotatable bonds is 9. The first-order chi connectivity index (χ1) is 15.6. The molecule has 3 rings (SSSR count). The summed E-state index contributed by atoms with van der Waals surface area (Å²) in [6.45, 7) is 2.77. The van der Waals surface area contributed by atoms with Gasteiger partial charge in [-0.3, -0.25) is 0 Å². The van der Waals surface area contributed by atoms with Gasteiger partial charge in [0, 0.05) is 5.56 Å². The summed E-state index contributed by atoms with van der Waals surface area (Å²) in [4.78, 5) is 15.1. The summed E-state index contributed by atoms with van der Waals surface area (Å²) in [5.74, 6) is 2.32. The number of carbonyl (C=O) groups is 1. The SMILES string of the molecule is CCOC(=O)/N=C(\N)c1ccc(OCc2cccc(OCc3cccc(OC)c3)c2)cc1. The fraction of sp³-hybridized carbons (Fsp3) is 0.200. The van der Waals surface area contributed by atoms with E-state index in [1.165, 1.54) is 0 Å². The number of aliphatic imine (C=N–C) groups is 1. The van der Waals surface area contributed by atoms with E-state index in [-0.39, 0.29) is 12.4 Å². The second-order valence-corrected chi connectivity index (χ2v) is 6.80. The molecule has 0 fully saturated rings. The van der Waals surface area contributed by atoms with Crippen LogP contribution in [0.15, 0.2) is 77.8 Å². The molecule has 1 amide bonds. The summed E-state index contributed by atoms with van der Waals surface area (Å²) in [5, 5.41) is 0. The number of amidine groups is 1. The minimum atomic E-state index is -0.709. The normalized spacial score (nSPS) is 11.0. The molecule has 3 aromatic rings. The molecule has 0 aliphatic carbocycles. The summed E-state index contributed by atoms with van der Waals surface area (Å²) >= 11 is 0. The molecule has 0 atom stereocenters. The first kappa shape index (κ1) is 22.7. The second kappa shape index (κ2) is 11.4. The lowest BCUT2D eigenvalue weighted by atomic mass is 10.2. The van der Waals surface area contributed by atoms with Crippen LogP contribution in [0.2, 0.25) is 0 Å². The van der Waals surface area contributed by atoms with Crippen LogP contribution in [0, 0.1) is 0 Å². The fourth-order valence-electron chi connectivity index (χ4n) is 2.86. The minimum absolute atomic E-state index is 0.0934. The summed E-state index contributed by atoms with van der Waals surface area (Å²) < 4.78 is 21.8. The van der Waals surface area contributed by atoms with Gasteiger partial charge in [-0.15, -0.1) is 0 Å². The average Bonchev–Trinajstić information content (AvgIpc) is 2.82. The van der Waals surface area contributed by atoms with Crippen molar-refractivity contribution in [3.05, 3.63) is 89.5 Å². The molecular weight excluding hydrogens is 408 g/mol. The van der Waals surface area contributed by atoms with E-state index in [4.69, 9.17) is 24.7 Å². The van der Waals surface area contributed by atoms with E-state index in [2.05, 4.69) is 4.99 Å². The van der Waals surface area contributed by atoms with Gasteiger partial charge in [0.2, 0.25) is 0 Å². The Morgan fingerprint density at radius 1 is 0.844 bits per heavy atom. The number of benzene rings is 3. The topological polar surface area (TPSA) is 92.4 Å². The fourth-order valence-corrected chi connectivity index (χ4v) is 2.86. The van der Waals surface area contributed by atoms with Gasteiger partial charge in [0.05, 0.1) is 13.7 Å². The molecule has 7 nitrogen and oxygen atoms in total. The largest absolute Gasteiger partial charge is 0.497 e. The lowest BCUT2D eigenvalue weighted by molar-refractivity contribution is 0.163. The van der Waals surface area contributed by atoms with E-state index in [0.717, 1.165) is 22.6 Å². The number of amides is 1. The Labute approximate surface area is 187 Å². The molecular formula is C25H26N2O5. The maximum Gasteiger partial charge on any atom is 0.435 e. The van der Waals surface area contributed by atoms with Crippen LogP contribution in [0.4, 0.5) is 4.79 Å². The van der Waals surface area contributed by atoms with Gasteiger partial charge in [0.15, 0.2) is 0 Å². The van der Waals surface area contributed by atoms with Gasteiger partial charge >= 0.3 is 6.09 Å². The van der Waals surface area contributed by atoms with Crippen molar-refractivity contribution in [1.29, 1.82) is 0 Å². The summed E-state index contributed by atoms with van der Waals surface area (Å²) in [6, 6.07) is 22.5. The predicted molar refractivity (Wildman–Crippen MR) is 122 cm³/mol. The van der Waals surface area contributed by atoms with Crippen molar-refractivity contribution in [3.63, 3.8) is 0 Å². The molecule has 0 heterocycles. The van der Waals surface area contributed by atoms with Gasteiger partial charge in [0.1, 0.15) is 36.3 Å². The maximum atomic E-state index is 11.4. The van der Waals surface area contributed by atoms with Gasteiger partial charge in [-0.25, -0.2) is 4.79 Å². The zero-order chi connectivity index (χ0) is 22.8. The van der Waals surface area contributed by atoms with E-state index in [1.54, 1.807) is 38.3 Å². The molecule has 0 aromatic heterocycles. The number of nitrogens with two attached hydrogens (primary N) is 1. The monoisotopic (exact) mass is 434 g/mol. The zero-order valence-corrected chi connectivity index (χ0v) is 18.1. The van der Waals surface area contributed by atoms with Crippen molar-refractivity contribution in [2.75, 3.05) is 13.7 Å². The van der Waals surface area contributed by atoms with Crippen molar-refractivity contribution >= 4 is 11.9 Å². The molecule has 0 aliphatic rings. The summed E-state index contributed by atoms with van der Waals surface area (Å²) in [6.07, 6.45) is -0.709. The molecule has 3 aromatic carbocycles. The highest BCUT2D eigenvalue weighted by molar-refractivity contribution is 6.02. The summed E-state index contributed by atoms with van der Waals surface area (Å²) in [5.41, 5.74) is 8.44. The van der Waals surface area contributed by atoms with Crippen molar-refractivity contribution in [2.24, 2.45) is 10.7 Å². The third kappa shape index (κ3) is 6.77. The van der Waals surface area contributed by atoms with Crippen LogP contribution in [-0.2, 0) is 18.0 Å². The number of nitrogens with zero attached hydrogens (tertiary/aromatic N) is 1. The molecule has 0 spiro atoms. The molecule has 0 radical (unpaired) electrons. The van der Waals surface area contributed by atoms with Gasteiger partial charge < -0.3 is 24.7 Å². The molecule has 0 saturated heterocycles. The molecule has 166 valence electrons. The van der Waals surface area contributed by atoms with Gasteiger partial charge in [-0.1, -0.05) is 24.3 Å². The Kier molecular flexibility index (Phi) is 8.09. The van der Waals surface area contributed by atoms with Crippen LogP contribution in [0.3, 0.4) is 0 Å². The Morgan fingerprint density at radius 3 is 2.06 bits per heavy atom. The number of hydrogen-bond donors (Lipinski definition) is 1. The Bertz CT molecular complexity index is 1060. The third-order valence-corrected chi connectivity index (χ3v) is 4.47. The molecule has 0 bridgehead atoms. The number of ether oxygens (including phenoxy) is 4. The number of carbonyl (C=O) groups excluding carboxylic acids is 1. The van der Waals surface area contributed by atoms with Crippen LogP contribution in [0.5, 0.6) is 17.2 Å². The van der Waals surface area contributed by atoms with Crippen LogP contribution in [0.25, 0.3) is 0 Å². The van der Waals surface area contributed by atoms with Crippen LogP contribution < -0.4 is 19.9 Å².